The van der Waals surface area contributed by atoms with E-state index in [0.29, 0.717) is 28.0 Å². The van der Waals surface area contributed by atoms with Gasteiger partial charge >= 0.3 is 5.97 Å². The van der Waals surface area contributed by atoms with Crippen LogP contribution in [0.4, 0.5) is 5.13 Å². The van der Waals surface area contributed by atoms with E-state index in [1.807, 2.05) is 35.7 Å². The molecule has 1 atom stereocenters. The number of hydrogen-bond acceptors (Lipinski definition) is 5. The highest BCUT2D eigenvalue weighted by Crippen LogP contribution is 2.32. The molecule has 0 fully saturated rings. The van der Waals surface area contributed by atoms with Gasteiger partial charge in [0.25, 0.3) is 0 Å². The minimum atomic E-state index is -1.02. The van der Waals surface area contributed by atoms with Crippen molar-refractivity contribution in [3.63, 3.8) is 0 Å². The smallest absolute Gasteiger partial charge is 0.304 e. The van der Waals surface area contributed by atoms with Gasteiger partial charge in [0.15, 0.2) is 5.13 Å². The van der Waals surface area contributed by atoms with Crippen LogP contribution in [0.2, 0.25) is 5.02 Å². The number of anilines is 1. The monoisotopic (exact) mass is 444 g/mol. The van der Waals surface area contributed by atoms with Gasteiger partial charge in [0.1, 0.15) is 5.75 Å². The number of halogens is 1. The molecule has 1 amide bonds. The van der Waals surface area contributed by atoms with Crippen molar-refractivity contribution in [2.24, 2.45) is 5.92 Å². The molecule has 1 heterocycles. The van der Waals surface area contributed by atoms with Crippen LogP contribution >= 0.6 is 22.9 Å². The molecular weight excluding hydrogens is 424 g/mol. The molecule has 8 heteroatoms. The van der Waals surface area contributed by atoms with Crippen molar-refractivity contribution in [3.8, 4) is 17.0 Å². The fraction of sp³-hybridized carbons (Fsp3) is 0.227. The summed E-state index contributed by atoms with van der Waals surface area (Å²) < 4.78 is 5.14. The largest absolute Gasteiger partial charge is 0.497 e. The molecule has 30 heavy (non-hydrogen) atoms. The van der Waals surface area contributed by atoms with Gasteiger partial charge in [0.2, 0.25) is 5.91 Å². The fourth-order valence-corrected chi connectivity index (χ4v) is 4.11. The second-order valence-electron chi connectivity index (χ2n) is 6.74. The Kier molecular flexibility index (Phi) is 7.07. The summed E-state index contributed by atoms with van der Waals surface area (Å²) in [5, 5.41) is 12.2. The molecule has 0 saturated heterocycles. The minimum absolute atomic E-state index is 0.266. The van der Waals surface area contributed by atoms with Crippen LogP contribution in [0.3, 0.4) is 0 Å². The van der Waals surface area contributed by atoms with Gasteiger partial charge in [-0.15, -0.1) is 11.3 Å². The third-order valence-electron chi connectivity index (χ3n) is 4.67. The summed E-state index contributed by atoms with van der Waals surface area (Å²) in [7, 11) is 3.19. The molecule has 1 unspecified atom stereocenters. The Morgan fingerprint density at radius 3 is 2.53 bits per heavy atom. The molecule has 1 aromatic heterocycles. The summed E-state index contributed by atoms with van der Waals surface area (Å²) in [4.78, 5) is 30.4. The van der Waals surface area contributed by atoms with Gasteiger partial charge in [-0.3, -0.25) is 14.5 Å². The molecule has 2 aromatic carbocycles. The Morgan fingerprint density at radius 1 is 1.20 bits per heavy atom. The lowest BCUT2D eigenvalue weighted by molar-refractivity contribution is -0.140. The summed E-state index contributed by atoms with van der Waals surface area (Å²) in [6, 6.07) is 14.6. The van der Waals surface area contributed by atoms with Crippen LogP contribution in [0.15, 0.2) is 53.9 Å². The van der Waals surface area contributed by atoms with Crippen LogP contribution in [0.5, 0.6) is 5.75 Å². The topological polar surface area (TPSA) is 79.7 Å². The van der Waals surface area contributed by atoms with Crippen molar-refractivity contribution in [2.75, 3.05) is 19.1 Å². The quantitative estimate of drug-likeness (QED) is 0.541. The Morgan fingerprint density at radius 2 is 1.90 bits per heavy atom. The van der Waals surface area contributed by atoms with Crippen molar-refractivity contribution in [1.29, 1.82) is 0 Å². The molecule has 0 bridgehead atoms. The van der Waals surface area contributed by atoms with Gasteiger partial charge < -0.3 is 9.84 Å². The molecule has 0 radical (unpaired) electrons. The molecule has 6 nitrogen and oxygen atoms in total. The molecule has 3 rings (SSSR count). The van der Waals surface area contributed by atoms with Crippen molar-refractivity contribution in [2.45, 2.75) is 12.8 Å². The Labute approximate surface area is 183 Å². The first-order valence-electron chi connectivity index (χ1n) is 9.21. The number of rotatable bonds is 8. The molecule has 3 aromatic rings. The first-order valence-corrected chi connectivity index (χ1v) is 10.5. The number of ether oxygens (including phenoxy) is 1. The van der Waals surface area contributed by atoms with Gasteiger partial charge in [-0.2, -0.15) is 0 Å². The molecule has 0 aliphatic heterocycles. The number of hydrogen-bond donors (Lipinski definition) is 1. The Balaban J connectivity index is 1.80. The van der Waals surface area contributed by atoms with E-state index in [4.69, 9.17) is 16.3 Å². The predicted octanol–water partition coefficient (Wildman–Crippen LogP) is 4.77. The van der Waals surface area contributed by atoms with Crippen LogP contribution in [0, 0.1) is 5.92 Å². The van der Waals surface area contributed by atoms with E-state index < -0.39 is 11.9 Å². The van der Waals surface area contributed by atoms with Gasteiger partial charge in [0.05, 0.1) is 25.1 Å². The number of amides is 1. The number of nitrogens with zero attached hydrogens (tertiary/aromatic N) is 2. The van der Waals surface area contributed by atoms with E-state index in [1.54, 1.807) is 32.4 Å². The van der Waals surface area contributed by atoms with Crippen molar-refractivity contribution >= 4 is 39.9 Å². The standard InChI is InChI=1S/C22H21ClN2O4S/c1-25(22-24-19(13-30-22)17-5-3-4-6-18(17)23)21(28)15(12-20(26)27)11-14-7-9-16(29-2)10-8-14/h3-10,13,15H,11-12H2,1-2H3,(H,26,27). The summed E-state index contributed by atoms with van der Waals surface area (Å²) in [6.07, 6.45) is 0.0418. The second kappa shape index (κ2) is 9.73. The Hall–Kier alpha value is -2.90. The SMILES string of the molecule is COc1ccc(CC(CC(=O)O)C(=O)N(C)c2nc(-c3ccccc3Cl)cs2)cc1. The number of benzene rings is 2. The summed E-state index contributed by atoms with van der Waals surface area (Å²) in [6.45, 7) is 0. The first-order chi connectivity index (χ1) is 14.4. The van der Waals surface area contributed by atoms with E-state index in [2.05, 4.69) is 4.98 Å². The number of carbonyl (C=O) groups excluding carboxylic acids is 1. The third kappa shape index (κ3) is 5.17. The molecule has 0 aliphatic rings. The highest BCUT2D eigenvalue weighted by atomic mass is 35.5. The predicted molar refractivity (Wildman–Crippen MR) is 118 cm³/mol. The third-order valence-corrected chi connectivity index (χ3v) is 5.92. The molecular formula is C22H21ClN2O4S. The van der Waals surface area contributed by atoms with E-state index >= 15 is 0 Å². The average molecular weight is 445 g/mol. The molecule has 1 N–H and O–H groups in total. The molecule has 156 valence electrons. The van der Waals surface area contributed by atoms with Crippen molar-refractivity contribution in [3.05, 3.63) is 64.5 Å². The number of carboxylic acids is 1. The van der Waals surface area contributed by atoms with Crippen LogP contribution in [0.25, 0.3) is 11.3 Å². The maximum Gasteiger partial charge on any atom is 0.304 e. The maximum absolute atomic E-state index is 13.1. The molecule has 0 spiro atoms. The first kappa shape index (κ1) is 21.8. The Bertz CT molecular complexity index is 1040. The van der Waals surface area contributed by atoms with E-state index in [-0.39, 0.29) is 12.3 Å². The lowest BCUT2D eigenvalue weighted by Gasteiger charge is -2.21. The summed E-state index contributed by atoms with van der Waals surface area (Å²) >= 11 is 7.55. The molecule has 0 aliphatic carbocycles. The van der Waals surface area contributed by atoms with Crippen LogP contribution in [-0.4, -0.2) is 36.1 Å². The maximum atomic E-state index is 13.1. The van der Waals surface area contributed by atoms with Gasteiger partial charge in [-0.25, -0.2) is 4.98 Å². The number of methoxy groups -OCH3 is 1. The van der Waals surface area contributed by atoms with Crippen molar-refractivity contribution in [1.82, 2.24) is 4.98 Å². The van der Waals surface area contributed by atoms with Crippen LogP contribution < -0.4 is 9.64 Å². The number of aromatic nitrogens is 1. The zero-order chi connectivity index (χ0) is 21.7. The van der Waals surface area contributed by atoms with Gasteiger partial charge in [0, 0.05) is 23.0 Å². The normalized spacial score (nSPS) is 11.7. The van der Waals surface area contributed by atoms with E-state index in [9.17, 15) is 14.7 Å². The van der Waals surface area contributed by atoms with Gasteiger partial charge in [-0.1, -0.05) is 41.9 Å². The van der Waals surface area contributed by atoms with Gasteiger partial charge in [-0.05, 0) is 30.2 Å². The van der Waals surface area contributed by atoms with Crippen molar-refractivity contribution < 1.29 is 19.4 Å². The number of carbonyl (C=O) groups is 2. The number of aliphatic carboxylic acids is 1. The fourth-order valence-electron chi connectivity index (χ4n) is 3.08. The van der Waals surface area contributed by atoms with E-state index in [1.165, 1.54) is 16.2 Å². The lowest BCUT2D eigenvalue weighted by Crippen LogP contribution is -2.35. The molecule has 0 saturated carbocycles. The lowest BCUT2D eigenvalue weighted by atomic mass is 9.95. The number of thiazole rings is 1. The van der Waals surface area contributed by atoms with E-state index in [0.717, 1.165) is 11.1 Å². The highest BCUT2D eigenvalue weighted by molar-refractivity contribution is 7.14. The second-order valence-corrected chi connectivity index (χ2v) is 7.98. The van der Waals surface area contributed by atoms with Crippen LogP contribution in [0.1, 0.15) is 12.0 Å². The van der Waals surface area contributed by atoms with Crippen LogP contribution in [-0.2, 0) is 16.0 Å². The minimum Gasteiger partial charge on any atom is -0.497 e. The zero-order valence-electron chi connectivity index (χ0n) is 16.5. The summed E-state index contributed by atoms with van der Waals surface area (Å²) in [5.41, 5.74) is 2.31. The average Bonchev–Trinajstić information content (AvgIpc) is 3.22. The number of carboxylic acid groups (broad SMARTS) is 1. The zero-order valence-corrected chi connectivity index (χ0v) is 18.1. The highest BCUT2D eigenvalue weighted by Gasteiger charge is 2.27. The summed E-state index contributed by atoms with van der Waals surface area (Å²) in [5.74, 6) is -1.33.